The van der Waals surface area contributed by atoms with Crippen molar-refractivity contribution in [1.29, 1.82) is 0 Å². The summed E-state index contributed by atoms with van der Waals surface area (Å²) in [4.78, 5) is 25.7. The standard InChI is InChI=1S/C24H26N2O4/c1-2-30-19-8-6-18(7-9-19)23(27)25-22-5-3-4-21-20(22)10-13-26(24(21)28)16-17-11-14-29-15-12-17/h3-10,13,17H,2,11-12,14-16H2,1H3,(H,25,27). The number of benzene rings is 2. The molecule has 0 aliphatic carbocycles. The Morgan fingerprint density at radius 3 is 2.60 bits per heavy atom. The highest BCUT2D eigenvalue weighted by Crippen LogP contribution is 2.23. The SMILES string of the molecule is CCOc1ccc(C(=O)Nc2cccc3c(=O)n(CC4CCOCC4)ccc23)cc1. The lowest BCUT2D eigenvalue weighted by molar-refractivity contribution is 0.0610. The lowest BCUT2D eigenvalue weighted by Gasteiger charge is -2.23. The van der Waals surface area contributed by atoms with Crippen molar-refractivity contribution in [2.45, 2.75) is 26.3 Å². The highest BCUT2D eigenvalue weighted by Gasteiger charge is 2.16. The second-order valence-electron chi connectivity index (χ2n) is 7.51. The van der Waals surface area contributed by atoms with Crippen molar-refractivity contribution in [2.75, 3.05) is 25.1 Å². The van der Waals surface area contributed by atoms with Gasteiger partial charge in [0.15, 0.2) is 0 Å². The lowest BCUT2D eigenvalue weighted by Crippen LogP contribution is -2.27. The van der Waals surface area contributed by atoms with E-state index in [1.165, 1.54) is 0 Å². The number of fused-ring (bicyclic) bond motifs is 1. The molecule has 4 rings (SSSR count). The van der Waals surface area contributed by atoms with E-state index < -0.39 is 0 Å². The summed E-state index contributed by atoms with van der Waals surface area (Å²) in [5, 5.41) is 4.28. The Hall–Kier alpha value is -3.12. The summed E-state index contributed by atoms with van der Waals surface area (Å²) in [6, 6.07) is 14.3. The fourth-order valence-electron chi connectivity index (χ4n) is 3.84. The first-order valence-corrected chi connectivity index (χ1v) is 10.4. The van der Waals surface area contributed by atoms with Crippen LogP contribution in [0.15, 0.2) is 59.5 Å². The molecule has 30 heavy (non-hydrogen) atoms. The molecule has 1 aromatic heterocycles. The molecule has 1 saturated heterocycles. The molecule has 1 amide bonds. The van der Waals surface area contributed by atoms with Crippen LogP contribution in [0.4, 0.5) is 5.69 Å². The minimum absolute atomic E-state index is 0.0313. The normalized spacial score (nSPS) is 14.6. The third-order valence-corrected chi connectivity index (χ3v) is 5.49. The van der Waals surface area contributed by atoms with Gasteiger partial charge in [0.1, 0.15) is 5.75 Å². The van der Waals surface area contributed by atoms with Crippen molar-refractivity contribution in [3.63, 3.8) is 0 Å². The molecule has 1 N–H and O–H groups in total. The van der Waals surface area contributed by atoms with Gasteiger partial charge in [0.25, 0.3) is 11.5 Å². The van der Waals surface area contributed by atoms with Crippen LogP contribution in [0, 0.1) is 5.92 Å². The maximum Gasteiger partial charge on any atom is 0.258 e. The minimum Gasteiger partial charge on any atom is -0.494 e. The summed E-state index contributed by atoms with van der Waals surface area (Å²) >= 11 is 0. The first kappa shape index (κ1) is 20.2. The molecule has 3 aromatic rings. The highest BCUT2D eigenvalue weighted by atomic mass is 16.5. The van der Waals surface area contributed by atoms with Gasteiger partial charge in [-0.1, -0.05) is 6.07 Å². The maximum atomic E-state index is 13.0. The third-order valence-electron chi connectivity index (χ3n) is 5.49. The number of aromatic nitrogens is 1. The summed E-state index contributed by atoms with van der Waals surface area (Å²) in [6.45, 7) is 4.70. The molecule has 1 aliphatic heterocycles. The van der Waals surface area contributed by atoms with Gasteiger partial charge in [-0.25, -0.2) is 0 Å². The van der Waals surface area contributed by atoms with Gasteiger partial charge >= 0.3 is 0 Å². The second kappa shape index (κ2) is 9.13. The van der Waals surface area contributed by atoms with E-state index in [2.05, 4.69) is 5.32 Å². The predicted molar refractivity (Wildman–Crippen MR) is 117 cm³/mol. The summed E-state index contributed by atoms with van der Waals surface area (Å²) < 4.78 is 12.6. The Bertz CT molecular complexity index is 1080. The van der Waals surface area contributed by atoms with E-state index in [0.717, 1.165) is 37.2 Å². The van der Waals surface area contributed by atoms with Crippen LogP contribution in [-0.4, -0.2) is 30.3 Å². The second-order valence-corrected chi connectivity index (χ2v) is 7.51. The van der Waals surface area contributed by atoms with Crippen molar-refractivity contribution in [3.8, 4) is 5.75 Å². The van der Waals surface area contributed by atoms with Crippen LogP contribution < -0.4 is 15.6 Å². The zero-order chi connectivity index (χ0) is 20.9. The molecule has 0 radical (unpaired) electrons. The van der Waals surface area contributed by atoms with Crippen LogP contribution in [0.25, 0.3) is 10.8 Å². The number of nitrogens with zero attached hydrogens (tertiary/aromatic N) is 1. The number of carbonyl (C=O) groups excluding carboxylic acids is 1. The fraction of sp³-hybridized carbons (Fsp3) is 0.333. The number of hydrogen-bond donors (Lipinski definition) is 1. The molecule has 0 saturated carbocycles. The molecular weight excluding hydrogens is 380 g/mol. The Morgan fingerprint density at radius 1 is 1.10 bits per heavy atom. The molecule has 6 nitrogen and oxygen atoms in total. The van der Waals surface area contributed by atoms with E-state index in [1.807, 2.05) is 31.3 Å². The molecular formula is C24H26N2O4. The molecule has 0 spiro atoms. The van der Waals surface area contributed by atoms with E-state index in [1.54, 1.807) is 34.9 Å². The quantitative estimate of drug-likeness (QED) is 0.670. The van der Waals surface area contributed by atoms with Crippen molar-refractivity contribution < 1.29 is 14.3 Å². The Kier molecular flexibility index (Phi) is 6.14. The number of rotatable bonds is 6. The first-order valence-electron chi connectivity index (χ1n) is 10.4. The van der Waals surface area contributed by atoms with Crippen molar-refractivity contribution in [1.82, 2.24) is 4.57 Å². The van der Waals surface area contributed by atoms with Gasteiger partial charge < -0.3 is 19.4 Å². The fourth-order valence-corrected chi connectivity index (χ4v) is 3.84. The molecule has 6 heteroatoms. The molecule has 0 atom stereocenters. The smallest absolute Gasteiger partial charge is 0.258 e. The number of carbonyl (C=O) groups is 1. The number of hydrogen-bond acceptors (Lipinski definition) is 4. The summed E-state index contributed by atoms with van der Waals surface area (Å²) in [5.41, 5.74) is 1.13. The molecule has 1 fully saturated rings. The number of ether oxygens (including phenoxy) is 2. The van der Waals surface area contributed by atoms with Crippen LogP contribution >= 0.6 is 0 Å². The van der Waals surface area contributed by atoms with E-state index in [4.69, 9.17) is 9.47 Å². The van der Waals surface area contributed by atoms with Crippen LogP contribution in [0.1, 0.15) is 30.1 Å². The van der Waals surface area contributed by atoms with Crippen molar-refractivity contribution in [2.24, 2.45) is 5.92 Å². The molecule has 0 bridgehead atoms. The monoisotopic (exact) mass is 406 g/mol. The number of amides is 1. The molecule has 2 aromatic carbocycles. The zero-order valence-electron chi connectivity index (χ0n) is 17.1. The predicted octanol–water partition coefficient (Wildman–Crippen LogP) is 4.08. The summed E-state index contributed by atoms with van der Waals surface area (Å²) in [7, 11) is 0. The Balaban J connectivity index is 1.56. The largest absolute Gasteiger partial charge is 0.494 e. The Morgan fingerprint density at radius 2 is 1.87 bits per heavy atom. The van der Waals surface area contributed by atoms with Gasteiger partial charge in [0.05, 0.1) is 6.61 Å². The van der Waals surface area contributed by atoms with Crippen LogP contribution in [-0.2, 0) is 11.3 Å². The van der Waals surface area contributed by atoms with E-state index in [9.17, 15) is 9.59 Å². The average molecular weight is 406 g/mol. The number of pyridine rings is 1. The summed E-state index contributed by atoms with van der Waals surface area (Å²) in [5.74, 6) is 0.956. The van der Waals surface area contributed by atoms with E-state index >= 15 is 0 Å². The molecule has 156 valence electrons. The first-order chi connectivity index (χ1) is 14.7. The van der Waals surface area contributed by atoms with Crippen molar-refractivity contribution >= 4 is 22.4 Å². The molecule has 2 heterocycles. The molecule has 0 unspecified atom stereocenters. The van der Waals surface area contributed by atoms with Crippen LogP contribution in [0.5, 0.6) is 5.75 Å². The van der Waals surface area contributed by atoms with Crippen LogP contribution in [0.2, 0.25) is 0 Å². The Labute approximate surface area is 175 Å². The van der Waals surface area contributed by atoms with E-state index in [-0.39, 0.29) is 11.5 Å². The van der Waals surface area contributed by atoms with Gasteiger partial charge in [-0.05, 0) is 68.1 Å². The van der Waals surface area contributed by atoms with Gasteiger partial charge in [0, 0.05) is 48.0 Å². The average Bonchev–Trinajstić information content (AvgIpc) is 2.77. The van der Waals surface area contributed by atoms with E-state index in [0.29, 0.717) is 35.7 Å². The highest BCUT2D eigenvalue weighted by molar-refractivity contribution is 6.09. The van der Waals surface area contributed by atoms with Crippen molar-refractivity contribution in [3.05, 3.63) is 70.6 Å². The third kappa shape index (κ3) is 4.39. The van der Waals surface area contributed by atoms with Gasteiger partial charge in [0.2, 0.25) is 0 Å². The lowest BCUT2D eigenvalue weighted by atomic mass is 10.00. The maximum absolute atomic E-state index is 13.0. The number of nitrogens with one attached hydrogen (secondary N) is 1. The summed E-state index contributed by atoms with van der Waals surface area (Å²) in [6.07, 6.45) is 3.78. The molecule has 1 aliphatic rings. The van der Waals surface area contributed by atoms with Gasteiger partial charge in [-0.2, -0.15) is 0 Å². The number of anilines is 1. The minimum atomic E-state index is -0.225. The van der Waals surface area contributed by atoms with Gasteiger partial charge in [-0.3, -0.25) is 9.59 Å². The van der Waals surface area contributed by atoms with Gasteiger partial charge in [-0.15, -0.1) is 0 Å². The van der Waals surface area contributed by atoms with Crippen LogP contribution in [0.3, 0.4) is 0 Å². The zero-order valence-corrected chi connectivity index (χ0v) is 17.1. The topological polar surface area (TPSA) is 69.6 Å².